The smallest absolute Gasteiger partial charge is 0.0212 e. The zero-order valence-corrected chi connectivity index (χ0v) is 18.3. The van der Waals surface area contributed by atoms with Crippen LogP contribution in [-0.2, 0) is 21.7 Å². The summed E-state index contributed by atoms with van der Waals surface area (Å²) in [6.45, 7) is 19.3. The summed E-state index contributed by atoms with van der Waals surface area (Å²) in [5, 5.41) is 0. The van der Waals surface area contributed by atoms with Crippen molar-refractivity contribution in [1.29, 1.82) is 0 Å². The Labute approximate surface area is 165 Å². The van der Waals surface area contributed by atoms with Crippen LogP contribution in [0.25, 0.3) is 11.1 Å². The minimum Gasteiger partial charge on any atom is -0.0558 e. The van der Waals surface area contributed by atoms with Crippen molar-refractivity contribution in [2.45, 2.75) is 89.9 Å². The summed E-state index contributed by atoms with van der Waals surface area (Å²) in [7, 11) is 0. The van der Waals surface area contributed by atoms with Crippen molar-refractivity contribution >= 4 is 0 Å². The molecule has 0 atom stereocenters. The van der Waals surface area contributed by atoms with Crippen molar-refractivity contribution < 1.29 is 0 Å². The Hall–Kier alpha value is -1.56. The fraction of sp³-hybridized carbons (Fsp3) is 0.519. The highest BCUT2D eigenvalue weighted by Gasteiger charge is 2.45. The van der Waals surface area contributed by atoms with Crippen LogP contribution >= 0.6 is 0 Å². The molecule has 0 saturated heterocycles. The van der Waals surface area contributed by atoms with E-state index in [1.165, 1.54) is 35.1 Å². The van der Waals surface area contributed by atoms with E-state index < -0.39 is 0 Å². The molecule has 3 aliphatic carbocycles. The molecule has 0 spiro atoms. The molecule has 141 valence electrons. The predicted octanol–water partition coefficient (Wildman–Crippen LogP) is 7.19. The third-order valence-electron chi connectivity index (χ3n) is 7.66. The molecule has 0 unspecified atom stereocenters. The Balaban J connectivity index is 1.74. The van der Waals surface area contributed by atoms with E-state index in [0.717, 1.165) is 0 Å². The molecular weight excluding hydrogens is 324 g/mol. The molecule has 0 saturated carbocycles. The van der Waals surface area contributed by atoms with Crippen LogP contribution in [0.2, 0.25) is 0 Å². The van der Waals surface area contributed by atoms with Crippen molar-refractivity contribution in [3.05, 3.63) is 64.1 Å². The molecule has 0 N–H and O–H groups in total. The number of hydrogen-bond acceptors (Lipinski definition) is 0. The maximum absolute atomic E-state index is 2.53. The quantitative estimate of drug-likeness (QED) is 0.399. The minimum absolute atomic E-state index is 0.259. The molecule has 2 aromatic rings. The molecule has 27 heavy (non-hydrogen) atoms. The molecule has 3 aliphatic rings. The molecule has 2 aromatic carbocycles. The summed E-state index contributed by atoms with van der Waals surface area (Å²) in [5.41, 5.74) is 13.1. The third kappa shape index (κ3) is 2.22. The van der Waals surface area contributed by atoms with Crippen molar-refractivity contribution in [2.24, 2.45) is 0 Å². The Kier molecular flexibility index (Phi) is 3.05. The maximum atomic E-state index is 2.53. The number of hydrogen-bond donors (Lipinski definition) is 0. The number of benzene rings is 2. The van der Waals surface area contributed by atoms with E-state index in [4.69, 9.17) is 0 Å². The van der Waals surface area contributed by atoms with Crippen LogP contribution in [0.5, 0.6) is 0 Å². The highest BCUT2D eigenvalue weighted by Crippen LogP contribution is 2.55. The van der Waals surface area contributed by atoms with Gasteiger partial charge in [-0.2, -0.15) is 0 Å². The average molecular weight is 358 g/mol. The van der Waals surface area contributed by atoms with Gasteiger partial charge in [-0.15, -0.1) is 0 Å². The molecular formula is C27H33. The van der Waals surface area contributed by atoms with Gasteiger partial charge in [-0.25, -0.2) is 0 Å². The predicted molar refractivity (Wildman–Crippen MR) is 116 cm³/mol. The van der Waals surface area contributed by atoms with Crippen LogP contribution in [0.3, 0.4) is 0 Å². The van der Waals surface area contributed by atoms with Gasteiger partial charge in [-0.3, -0.25) is 0 Å². The topological polar surface area (TPSA) is 0 Å². The van der Waals surface area contributed by atoms with Gasteiger partial charge >= 0.3 is 0 Å². The second kappa shape index (κ2) is 4.70. The Morgan fingerprint density at radius 1 is 0.481 bits per heavy atom. The molecule has 0 aliphatic heterocycles. The van der Waals surface area contributed by atoms with E-state index in [2.05, 4.69) is 86.1 Å². The fourth-order valence-electron chi connectivity index (χ4n) is 6.94. The summed E-state index contributed by atoms with van der Waals surface area (Å²) < 4.78 is 0. The molecule has 1 radical (unpaired) electrons. The van der Waals surface area contributed by atoms with E-state index in [0.29, 0.717) is 0 Å². The molecule has 0 aromatic heterocycles. The summed E-state index contributed by atoms with van der Waals surface area (Å²) >= 11 is 0. The summed E-state index contributed by atoms with van der Waals surface area (Å²) in [4.78, 5) is 0. The van der Waals surface area contributed by atoms with E-state index in [1.807, 2.05) is 0 Å². The van der Waals surface area contributed by atoms with E-state index in [-0.39, 0.29) is 21.7 Å². The lowest BCUT2D eigenvalue weighted by molar-refractivity contribution is 0.402. The lowest BCUT2D eigenvalue weighted by Crippen LogP contribution is -2.18. The SMILES string of the molecule is CC1(C)CC(C)(C)c2cc3c(cc21)[CH]c1cc2c(cc1-3)C(C)(C)CC2(C)C. The first kappa shape index (κ1) is 17.5. The Bertz CT molecular complexity index is 914. The Morgan fingerprint density at radius 3 is 1.11 bits per heavy atom. The maximum Gasteiger partial charge on any atom is 0.0212 e. The van der Waals surface area contributed by atoms with Gasteiger partial charge in [0.05, 0.1) is 0 Å². The Morgan fingerprint density at radius 2 is 0.778 bits per heavy atom. The zero-order valence-electron chi connectivity index (χ0n) is 18.3. The normalized spacial score (nSPS) is 24.3. The van der Waals surface area contributed by atoms with Crippen LogP contribution in [0.4, 0.5) is 0 Å². The van der Waals surface area contributed by atoms with Crippen molar-refractivity contribution in [3.63, 3.8) is 0 Å². The second-order valence-corrected chi connectivity index (χ2v) is 12.0. The van der Waals surface area contributed by atoms with Gasteiger partial charge in [0.1, 0.15) is 0 Å². The van der Waals surface area contributed by atoms with Gasteiger partial charge in [-0.05, 0) is 79.0 Å². The largest absolute Gasteiger partial charge is 0.0558 e. The molecule has 0 fully saturated rings. The van der Waals surface area contributed by atoms with Crippen LogP contribution in [0, 0.1) is 6.42 Å². The molecule has 0 heteroatoms. The van der Waals surface area contributed by atoms with Gasteiger partial charge in [0.25, 0.3) is 0 Å². The lowest BCUT2D eigenvalue weighted by atomic mass is 9.81. The van der Waals surface area contributed by atoms with E-state index in [9.17, 15) is 0 Å². The van der Waals surface area contributed by atoms with Gasteiger partial charge in [0.2, 0.25) is 0 Å². The van der Waals surface area contributed by atoms with Crippen LogP contribution in [-0.4, -0.2) is 0 Å². The van der Waals surface area contributed by atoms with Gasteiger partial charge < -0.3 is 0 Å². The van der Waals surface area contributed by atoms with Crippen molar-refractivity contribution in [1.82, 2.24) is 0 Å². The van der Waals surface area contributed by atoms with E-state index in [1.54, 1.807) is 22.3 Å². The first-order valence-corrected chi connectivity index (χ1v) is 10.6. The highest BCUT2D eigenvalue weighted by atomic mass is 14.5. The summed E-state index contributed by atoms with van der Waals surface area (Å²) in [5.74, 6) is 0. The zero-order chi connectivity index (χ0) is 19.6. The lowest BCUT2D eigenvalue weighted by Gasteiger charge is -2.22. The van der Waals surface area contributed by atoms with Crippen molar-refractivity contribution in [2.75, 3.05) is 0 Å². The van der Waals surface area contributed by atoms with E-state index >= 15 is 0 Å². The van der Waals surface area contributed by atoms with Gasteiger partial charge in [0, 0.05) is 6.42 Å². The summed E-state index contributed by atoms with van der Waals surface area (Å²) in [6, 6.07) is 10.1. The van der Waals surface area contributed by atoms with Gasteiger partial charge in [0.15, 0.2) is 0 Å². The molecule has 0 bridgehead atoms. The molecule has 5 rings (SSSR count). The average Bonchev–Trinajstić information content (AvgIpc) is 3.01. The highest BCUT2D eigenvalue weighted by molar-refractivity contribution is 5.84. The molecule has 0 heterocycles. The number of fused-ring (bicyclic) bond motifs is 5. The van der Waals surface area contributed by atoms with Crippen LogP contribution in [0.15, 0.2) is 24.3 Å². The summed E-state index contributed by atoms with van der Waals surface area (Å²) in [6.07, 6.45) is 4.90. The monoisotopic (exact) mass is 357 g/mol. The van der Waals surface area contributed by atoms with Crippen LogP contribution in [0.1, 0.15) is 102 Å². The first-order valence-electron chi connectivity index (χ1n) is 10.6. The third-order valence-corrected chi connectivity index (χ3v) is 7.66. The second-order valence-electron chi connectivity index (χ2n) is 12.0. The fourth-order valence-corrected chi connectivity index (χ4v) is 6.94. The standard InChI is InChI=1S/C27H33/c1-24(2)14-26(5,6)22-12-18-16(10-20(22)24)9-17-11-21-23(13-19(17)18)27(7,8)15-25(21,3)4/h9-13H,14-15H2,1-8H3. The van der Waals surface area contributed by atoms with Gasteiger partial charge in [-0.1, -0.05) is 79.7 Å². The number of rotatable bonds is 0. The molecule has 0 nitrogen and oxygen atoms in total. The van der Waals surface area contributed by atoms with Crippen molar-refractivity contribution in [3.8, 4) is 11.1 Å². The molecule has 0 amide bonds. The van der Waals surface area contributed by atoms with Crippen LogP contribution < -0.4 is 0 Å². The minimum atomic E-state index is 0.259. The first-order chi connectivity index (χ1) is 12.3.